The van der Waals surface area contributed by atoms with Gasteiger partial charge in [-0.15, -0.1) is 0 Å². The molecule has 0 aliphatic carbocycles. The maximum atomic E-state index is 10.9. The zero-order valence-electron chi connectivity index (χ0n) is 8.99. The predicted molar refractivity (Wildman–Crippen MR) is 59.2 cm³/mol. The van der Waals surface area contributed by atoms with Crippen molar-refractivity contribution in [1.82, 2.24) is 15.6 Å². The minimum atomic E-state index is 0.0979. The van der Waals surface area contributed by atoms with Crippen molar-refractivity contribution in [2.24, 2.45) is 0 Å². The second kappa shape index (κ2) is 6.95. The number of carbonyl (C=O) groups excluding carboxylic acids is 1. The molecule has 0 unspecified atom stereocenters. The number of carbonyl (C=O) groups is 1. The fourth-order valence-corrected chi connectivity index (χ4v) is 1.23. The molecule has 0 aliphatic rings. The van der Waals surface area contributed by atoms with Crippen molar-refractivity contribution in [2.45, 2.75) is 19.4 Å². The van der Waals surface area contributed by atoms with E-state index in [1.807, 2.05) is 12.1 Å². The average molecular weight is 207 g/mol. The molecule has 0 aliphatic heterocycles. The first-order valence-electron chi connectivity index (χ1n) is 5.13. The van der Waals surface area contributed by atoms with Gasteiger partial charge < -0.3 is 10.6 Å². The summed E-state index contributed by atoms with van der Waals surface area (Å²) in [5.41, 5.74) is 1.21. The van der Waals surface area contributed by atoms with Gasteiger partial charge in [0.25, 0.3) is 0 Å². The molecule has 1 aromatic heterocycles. The Bertz CT molecular complexity index is 287. The number of aromatic nitrogens is 1. The monoisotopic (exact) mass is 207 g/mol. The molecule has 1 heterocycles. The van der Waals surface area contributed by atoms with Crippen LogP contribution >= 0.6 is 0 Å². The fourth-order valence-electron chi connectivity index (χ4n) is 1.23. The second-order valence-corrected chi connectivity index (χ2v) is 3.31. The summed E-state index contributed by atoms with van der Waals surface area (Å²) in [6, 6.07) is 3.96. The molecule has 15 heavy (non-hydrogen) atoms. The van der Waals surface area contributed by atoms with Gasteiger partial charge in [0.1, 0.15) is 0 Å². The van der Waals surface area contributed by atoms with E-state index in [9.17, 15) is 4.79 Å². The van der Waals surface area contributed by atoms with Crippen LogP contribution in [0, 0.1) is 0 Å². The number of rotatable bonds is 6. The van der Waals surface area contributed by atoms with E-state index in [0.29, 0.717) is 6.42 Å². The first-order chi connectivity index (χ1) is 7.33. The SMILES string of the molecule is CNC(=O)CCCNCc1ccncc1. The summed E-state index contributed by atoms with van der Waals surface area (Å²) >= 11 is 0. The Hall–Kier alpha value is -1.42. The largest absolute Gasteiger partial charge is 0.359 e. The number of nitrogens with one attached hydrogen (secondary N) is 2. The topological polar surface area (TPSA) is 54.0 Å². The highest BCUT2D eigenvalue weighted by molar-refractivity contribution is 5.75. The molecule has 2 N–H and O–H groups in total. The average Bonchev–Trinajstić information content (AvgIpc) is 2.29. The van der Waals surface area contributed by atoms with Gasteiger partial charge in [-0.1, -0.05) is 0 Å². The van der Waals surface area contributed by atoms with Gasteiger partial charge in [-0.2, -0.15) is 0 Å². The molecule has 0 bridgehead atoms. The molecule has 0 aromatic carbocycles. The molecule has 0 spiro atoms. The number of pyridine rings is 1. The molecule has 0 saturated heterocycles. The summed E-state index contributed by atoms with van der Waals surface area (Å²) in [6.45, 7) is 1.69. The number of nitrogens with zero attached hydrogens (tertiary/aromatic N) is 1. The van der Waals surface area contributed by atoms with Crippen molar-refractivity contribution in [2.75, 3.05) is 13.6 Å². The molecule has 0 saturated carbocycles. The Labute approximate surface area is 90.1 Å². The van der Waals surface area contributed by atoms with Crippen molar-refractivity contribution in [1.29, 1.82) is 0 Å². The van der Waals surface area contributed by atoms with Crippen LogP contribution in [0.4, 0.5) is 0 Å². The third-order valence-electron chi connectivity index (χ3n) is 2.11. The number of hydrogen-bond donors (Lipinski definition) is 2. The van der Waals surface area contributed by atoms with Crippen LogP contribution in [-0.2, 0) is 11.3 Å². The van der Waals surface area contributed by atoms with Gasteiger partial charge in [0, 0.05) is 32.4 Å². The lowest BCUT2D eigenvalue weighted by Gasteiger charge is -2.03. The molecular formula is C11H17N3O. The quantitative estimate of drug-likeness (QED) is 0.675. The first-order valence-corrected chi connectivity index (χ1v) is 5.13. The highest BCUT2D eigenvalue weighted by atomic mass is 16.1. The van der Waals surface area contributed by atoms with Crippen molar-refractivity contribution in [3.8, 4) is 0 Å². The third kappa shape index (κ3) is 5.12. The Morgan fingerprint density at radius 1 is 1.40 bits per heavy atom. The van der Waals surface area contributed by atoms with Crippen molar-refractivity contribution in [3.05, 3.63) is 30.1 Å². The number of amides is 1. The van der Waals surface area contributed by atoms with Gasteiger partial charge in [0.15, 0.2) is 0 Å². The molecule has 0 atom stereocenters. The molecule has 4 heteroatoms. The maximum Gasteiger partial charge on any atom is 0.219 e. The standard InChI is InChI=1S/C11H17N3O/c1-12-11(15)3-2-6-14-9-10-4-7-13-8-5-10/h4-5,7-8,14H,2-3,6,9H2,1H3,(H,12,15). The lowest BCUT2D eigenvalue weighted by atomic mass is 10.2. The van der Waals surface area contributed by atoms with E-state index in [0.717, 1.165) is 19.5 Å². The van der Waals surface area contributed by atoms with Gasteiger partial charge >= 0.3 is 0 Å². The molecule has 1 rings (SSSR count). The predicted octanol–water partition coefficient (Wildman–Crippen LogP) is 0.697. The van der Waals surface area contributed by atoms with Crippen LogP contribution in [0.3, 0.4) is 0 Å². The maximum absolute atomic E-state index is 10.9. The van der Waals surface area contributed by atoms with Crippen LogP contribution in [0.1, 0.15) is 18.4 Å². The molecule has 1 aromatic rings. The molecule has 1 amide bonds. The lowest BCUT2D eigenvalue weighted by molar-refractivity contribution is -0.120. The van der Waals surface area contributed by atoms with Crippen LogP contribution < -0.4 is 10.6 Å². The molecule has 0 radical (unpaired) electrons. The van der Waals surface area contributed by atoms with Gasteiger partial charge in [-0.3, -0.25) is 9.78 Å². The molecular weight excluding hydrogens is 190 g/mol. The molecule has 4 nitrogen and oxygen atoms in total. The Morgan fingerprint density at radius 3 is 2.80 bits per heavy atom. The van der Waals surface area contributed by atoms with Crippen LogP contribution in [0.15, 0.2) is 24.5 Å². The van der Waals surface area contributed by atoms with E-state index < -0.39 is 0 Å². The third-order valence-corrected chi connectivity index (χ3v) is 2.11. The Kier molecular flexibility index (Phi) is 5.40. The number of hydrogen-bond acceptors (Lipinski definition) is 3. The highest BCUT2D eigenvalue weighted by Crippen LogP contribution is 1.95. The molecule has 82 valence electrons. The summed E-state index contributed by atoms with van der Waals surface area (Å²) in [4.78, 5) is 14.8. The summed E-state index contributed by atoms with van der Waals surface area (Å²) < 4.78 is 0. The van der Waals surface area contributed by atoms with E-state index in [4.69, 9.17) is 0 Å². The summed E-state index contributed by atoms with van der Waals surface area (Å²) in [5.74, 6) is 0.0979. The van der Waals surface area contributed by atoms with Gasteiger partial charge in [-0.05, 0) is 30.7 Å². The summed E-state index contributed by atoms with van der Waals surface area (Å²) in [5, 5.41) is 5.87. The van der Waals surface area contributed by atoms with Gasteiger partial charge in [0.05, 0.1) is 0 Å². The van der Waals surface area contributed by atoms with E-state index in [-0.39, 0.29) is 5.91 Å². The van der Waals surface area contributed by atoms with E-state index in [1.165, 1.54) is 5.56 Å². The minimum Gasteiger partial charge on any atom is -0.359 e. The Balaban J connectivity index is 2.05. The van der Waals surface area contributed by atoms with E-state index >= 15 is 0 Å². The zero-order valence-corrected chi connectivity index (χ0v) is 8.99. The van der Waals surface area contributed by atoms with Crippen LogP contribution in [-0.4, -0.2) is 24.5 Å². The highest BCUT2D eigenvalue weighted by Gasteiger charge is 1.96. The van der Waals surface area contributed by atoms with Crippen molar-refractivity contribution >= 4 is 5.91 Å². The summed E-state index contributed by atoms with van der Waals surface area (Å²) in [7, 11) is 1.66. The first kappa shape index (κ1) is 11.7. The van der Waals surface area contributed by atoms with Crippen molar-refractivity contribution in [3.63, 3.8) is 0 Å². The zero-order chi connectivity index (χ0) is 10.9. The van der Waals surface area contributed by atoms with E-state index in [1.54, 1.807) is 19.4 Å². The fraction of sp³-hybridized carbons (Fsp3) is 0.455. The van der Waals surface area contributed by atoms with Crippen molar-refractivity contribution < 1.29 is 4.79 Å². The molecule has 0 fully saturated rings. The van der Waals surface area contributed by atoms with Gasteiger partial charge in [0.2, 0.25) is 5.91 Å². The lowest BCUT2D eigenvalue weighted by Crippen LogP contribution is -2.20. The van der Waals surface area contributed by atoms with Crippen LogP contribution in [0.5, 0.6) is 0 Å². The van der Waals surface area contributed by atoms with Gasteiger partial charge in [-0.25, -0.2) is 0 Å². The summed E-state index contributed by atoms with van der Waals surface area (Å²) in [6.07, 6.45) is 5.01. The van der Waals surface area contributed by atoms with E-state index in [2.05, 4.69) is 15.6 Å². The smallest absolute Gasteiger partial charge is 0.219 e. The minimum absolute atomic E-state index is 0.0979. The Morgan fingerprint density at radius 2 is 2.13 bits per heavy atom. The van der Waals surface area contributed by atoms with Crippen LogP contribution in [0.25, 0.3) is 0 Å². The normalized spacial score (nSPS) is 9.93. The van der Waals surface area contributed by atoms with Crippen LogP contribution in [0.2, 0.25) is 0 Å². The second-order valence-electron chi connectivity index (χ2n) is 3.31.